The van der Waals surface area contributed by atoms with Crippen LogP contribution >= 0.6 is 0 Å². The van der Waals surface area contributed by atoms with E-state index in [9.17, 15) is 13.9 Å². The molecule has 4 heterocycles. The molecule has 0 aromatic heterocycles. The summed E-state index contributed by atoms with van der Waals surface area (Å²) in [6.07, 6.45) is 24.1. The number of allylic oxidation sites excluding steroid dienone is 2. The monoisotopic (exact) mass is 855 g/mol. The van der Waals surface area contributed by atoms with Crippen LogP contribution in [0.3, 0.4) is 0 Å². The molecule has 2 bridgehead atoms. The molecule has 4 fully saturated rings. The number of benzene rings is 2. The van der Waals surface area contributed by atoms with Gasteiger partial charge in [-0.3, -0.25) is 14.8 Å². The van der Waals surface area contributed by atoms with Crippen molar-refractivity contribution in [1.29, 1.82) is 0 Å². The molecule has 5 nitrogen and oxygen atoms in total. The molecule has 4 aliphatic rings. The first-order valence-corrected chi connectivity index (χ1v) is 22.6. The van der Waals surface area contributed by atoms with Crippen molar-refractivity contribution >= 4 is 29.2 Å². The number of hydrogen-bond donors (Lipinski definition) is 1. The fraction of sp³-hybridized carbons (Fsp3) is 0.537. The Balaban J connectivity index is 0.000000488. The maximum absolute atomic E-state index is 16.6. The molecule has 4 unspecified atom stereocenters. The van der Waals surface area contributed by atoms with Crippen LogP contribution in [-0.2, 0) is 0 Å². The number of fused-ring (bicyclic) bond motifs is 3. The van der Waals surface area contributed by atoms with Crippen LogP contribution in [-0.4, -0.2) is 82.5 Å². The highest BCUT2D eigenvalue weighted by atomic mass is 19.1. The van der Waals surface area contributed by atoms with E-state index < -0.39 is 17.8 Å². The van der Waals surface area contributed by atoms with Gasteiger partial charge < -0.3 is 10.0 Å². The number of phenols is 1. The largest absolute Gasteiger partial charge is 0.508 e. The Labute approximate surface area is 374 Å². The SMILES string of the molecule is C#C.C#C/C(C(=C)F)=c1\c(-c2ccc(C(=C)N3CC4CCC(C3)N4CCCC)c(N=C(C)CC)c2F)cc(O)cc1=C.C=C(C)CC(C)(C)C.CCC.FC1CC2CCCN2C1. The highest BCUT2D eigenvalue weighted by molar-refractivity contribution is 5.89. The van der Waals surface area contributed by atoms with Gasteiger partial charge in [-0.2, -0.15) is 0 Å². The van der Waals surface area contributed by atoms with Gasteiger partial charge in [0.15, 0.2) is 5.82 Å². The van der Waals surface area contributed by atoms with Gasteiger partial charge in [-0.05, 0) is 113 Å². The molecule has 8 heteroatoms. The van der Waals surface area contributed by atoms with Crippen LogP contribution in [0.15, 0.2) is 60.4 Å². The number of piperazine rings is 1. The Morgan fingerprint density at radius 3 is 2.05 bits per heavy atom. The lowest BCUT2D eigenvalue weighted by molar-refractivity contribution is 0.0980. The van der Waals surface area contributed by atoms with Crippen LogP contribution in [0.5, 0.6) is 5.75 Å². The summed E-state index contributed by atoms with van der Waals surface area (Å²) < 4.78 is 43.5. The first-order chi connectivity index (χ1) is 29.3. The first kappa shape index (κ1) is 53.6. The number of nitrogens with zero attached hydrogens (tertiary/aromatic N) is 4. The number of halogens is 3. The van der Waals surface area contributed by atoms with Gasteiger partial charge in [0.1, 0.15) is 23.4 Å². The number of hydrogen-bond acceptors (Lipinski definition) is 5. The van der Waals surface area contributed by atoms with Crippen molar-refractivity contribution in [3.63, 3.8) is 0 Å². The minimum atomic E-state index is -0.836. The van der Waals surface area contributed by atoms with Crippen LogP contribution in [0.1, 0.15) is 132 Å². The van der Waals surface area contributed by atoms with E-state index in [1.807, 2.05) is 19.9 Å². The average Bonchev–Trinajstić information content (AvgIpc) is 3.85. The molecule has 4 saturated heterocycles. The fourth-order valence-corrected chi connectivity index (χ4v) is 8.88. The van der Waals surface area contributed by atoms with Crippen LogP contribution in [0.2, 0.25) is 0 Å². The number of rotatable bonds is 10. The van der Waals surface area contributed by atoms with Gasteiger partial charge in [-0.1, -0.05) is 98.6 Å². The molecular weight excluding hydrogens is 778 g/mol. The van der Waals surface area contributed by atoms with Gasteiger partial charge >= 0.3 is 0 Å². The Morgan fingerprint density at radius 1 is 0.952 bits per heavy atom. The fourth-order valence-electron chi connectivity index (χ4n) is 8.88. The van der Waals surface area contributed by atoms with Crippen molar-refractivity contribution in [3.05, 3.63) is 77.2 Å². The zero-order chi connectivity index (χ0) is 46.9. The molecular formula is C54H77F3N4O. The van der Waals surface area contributed by atoms with E-state index in [4.69, 9.17) is 6.42 Å². The Kier molecular flexibility index (Phi) is 22.1. The smallest absolute Gasteiger partial charge is 0.157 e. The standard InChI is InChI=1S/C34H39F2N3O.C8H16.C7H12FN.C3H8.C2H2/c1-8-11-16-39-25-12-13-26(39)20-38(19-25)24(7)29-14-15-30(33(36)34(29)37-22(5)9-2)31-18-27(40)17-21(4)32(31)28(10-3)23(6)35;1-7(2)6-8(3,4)5;8-6-4-7-2-1-3-9(7)5-6;1-3-2;1-2/h3,14-15,17-18,25-26,40H,4,6-9,11-13,16,19-20H2,1-2,5H3;1,6H2,2-5H3;6-7H,1-5H2;3H2,1-2H3;1-2H/b32-28+,37-22?;;;;. The molecule has 1 N–H and O–H groups in total. The van der Waals surface area contributed by atoms with Gasteiger partial charge in [-0.25, -0.2) is 13.2 Å². The molecule has 0 amide bonds. The third-order valence-corrected chi connectivity index (χ3v) is 11.5. The van der Waals surface area contributed by atoms with Crippen molar-refractivity contribution < 1.29 is 18.3 Å². The van der Waals surface area contributed by atoms with Crippen molar-refractivity contribution in [2.75, 3.05) is 32.7 Å². The summed E-state index contributed by atoms with van der Waals surface area (Å²) in [4.78, 5) is 11.9. The van der Waals surface area contributed by atoms with Crippen LogP contribution in [0, 0.1) is 36.4 Å². The molecule has 2 aromatic carbocycles. The summed E-state index contributed by atoms with van der Waals surface area (Å²) in [5.41, 5.74) is 4.20. The van der Waals surface area contributed by atoms with E-state index in [0.29, 0.717) is 42.1 Å². The summed E-state index contributed by atoms with van der Waals surface area (Å²) in [6, 6.07) is 7.70. The Bertz CT molecular complexity index is 2010. The third-order valence-electron chi connectivity index (χ3n) is 11.5. The summed E-state index contributed by atoms with van der Waals surface area (Å²) in [5.74, 6) is 0.747. The number of aromatic hydroxyl groups is 1. The van der Waals surface area contributed by atoms with E-state index >= 15 is 4.39 Å². The van der Waals surface area contributed by atoms with Crippen LogP contribution in [0.25, 0.3) is 29.0 Å². The number of phenolic OH excluding ortho intramolecular Hbond substituents is 1. The number of unbranched alkanes of at least 4 members (excludes halogenated alkanes) is 1. The van der Waals surface area contributed by atoms with Gasteiger partial charge in [0.25, 0.3) is 0 Å². The highest BCUT2D eigenvalue weighted by Gasteiger charge is 2.40. The minimum absolute atomic E-state index is 0.133. The first-order valence-electron chi connectivity index (χ1n) is 22.6. The van der Waals surface area contributed by atoms with Gasteiger partial charge in [0.2, 0.25) is 0 Å². The second kappa shape index (κ2) is 25.6. The molecule has 4 aliphatic heterocycles. The lowest BCUT2D eigenvalue weighted by Crippen LogP contribution is -2.52. The molecule has 0 aliphatic carbocycles. The lowest BCUT2D eigenvalue weighted by Gasteiger charge is -2.43. The molecule has 0 saturated carbocycles. The van der Waals surface area contributed by atoms with Crippen molar-refractivity contribution in [1.82, 2.24) is 14.7 Å². The molecule has 2 aromatic rings. The maximum atomic E-state index is 16.6. The number of alkyl halides is 1. The van der Waals surface area contributed by atoms with Gasteiger partial charge in [0, 0.05) is 65.5 Å². The van der Waals surface area contributed by atoms with Crippen molar-refractivity contribution in [3.8, 4) is 42.1 Å². The van der Waals surface area contributed by atoms with Crippen molar-refractivity contribution in [2.24, 2.45) is 10.4 Å². The summed E-state index contributed by atoms with van der Waals surface area (Å²) >= 11 is 0. The molecule has 340 valence electrons. The topological polar surface area (TPSA) is 42.3 Å². The van der Waals surface area contributed by atoms with E-state index in [1.54, 1.807) is 6.07 Å². The number of aliphatic imine (C=N–C) groups is 1. The van der Waals surface area contributed by atoms with E-state index in [1.165, 1.54) is 49.8 Å². The Hall–Kier alpha value is -4.50. The van der Waals surface area contributed by atoms with Crippen LogP contribution < -0.4 is 10.4 Å². The predicted molar refractivity (Wildman–Crippen MR) is 262 cm³/mol. The zero-order valence-corrected chi connectivity index (χ0v) is 39.7. The number of likely N-dealkylation sites (tertiary alicyclic amines) is 1. The molecule has 4 atom stereocenters. The van der Waals surface area contributed by atoms with Gasteiger partial charge in [-0.15, -0.1) is 25.8 Å². The van der Waals surface area contributed by atoms with E-state index in [2.05, 4.69) is 113 Å². The van der Waals surface area contributed by atoms with E-state index in [-0.39, 0.29) is 38.6 Å². The molecule has 0 radical (unpaired) electrons. The summed E-state index contributed by atoms with van der Waals surface area (Å²) in [6.45, 7) is 39.2. The predicted octanol–water partition coefficient (Wildman–Crippen LogP) is 12.2. The van der Waals surface area contributed by atoms with Gasteiger partial charge in [0.05, 0.1) is 5.57 Å². The summed E-state index contributed by atoms with van der Waals surface area (Å²) in [7, 11) is 0. The van der Waals surface area contributed by atoms with Crippen molar-refractivity contribution in [2.45, 2.75) is 151 Å². The molecule has 0 spiro atoms. The highest BCUT2D eigenvalue weighted by Crippen LogP contribution is 2.40. The maximum Gasteiger partial charge on any atom is 0.157 e. The number of terminal acetylenes is 2. The summed E-state index contributed by atoms with van der Waals surface area (Å²) in [5, 5.41) is 10.8. The zero-order valence-electron chi connectivity index (χ0n) is 39.7. The molecule has 62 heavy (non-hydrogen) atoms. The molecule has 6 rings (SSSR count). The van der Waals surface area contributed by atoms with Crippen LogP contribution in [0.4, 0.5) is 18.9 Å². The lowest BCUT2D eigenvalue weighted by atomic mass is 9.89. The third kappa shape index (κ3) is 15.1. The van der Waals surface area contributed by atoms with E-state index in [0.717, 1.165) is 63.3 Å². The Morgan fingerprint density at radius 2 is 1.56 bits per heavy atom. The normalized spacial score (nSPS) is 21.0. The quantitative estimate of drug-likeness (QED) is 0.147. The second-order valence-electron chi connectivity index (χ2n) is 18.3. The average molecular weight is 855 g/mol. The second-order valence-corrected chi connectivity index (χ2v) is 18.3. The minimum Gasteiger partial charge on any atom is -0.508 e.